The minimum Gasteiger partial charge on any atom is -0.493 e. The van der Waals surface area contributed by atoms with Crippen LogP contribution in [0.5, 0.6) is 11.5 Å². The molecule has 2 aromatic carbocycles. The van der Waals surface area contributed by atoms with Gasteiger partial charge in [0.1, 0.15) is 12.1 Å². The number of urea groups is 1. The lowest BCUT2D eigenvalue weighted by Gasteiger charge is -2.35. The van der Waals surface area contributed by atoms with E-state index in [2.05, 4.69) is 15.3 Å². The summed E-state index contributed by atoms with van der Waals surface area (Å²) >= 11 is 0. The van der Waals surface area contributed by atoms with Gasteiger partial charge in [-0.05, 0) is 18.2 Å². The Hall–Kier alpha value is -4.22. The Morgan fingerprint density at radius 1 is 1.09 bits per heavy atom. The van der Waals surface area contributed by atoms with Gasteiger partial charge in [0, 0.05) is 49.4 Å². The molecular formula is C21H21FN6O5. The number of piperazine rings is 1. The van der Waals surface area contributed by atoms with Crippen LogP contribution in [0.1, 0.15) is 0 Å². The number of anilines is 2. The number of hydrogen-bond donors (Lipinski definition) is 1. The number of benzene rings is 2. The number of halogens is 1. The summed E-state index contributed by atoms with van der Waals surface area (Å²) in [4.78, 5) is 35.1. The van der Waals surface area contributed by atoms with Gasteiger partial charge in [-0.3, -0.25) is 10.1 Å². The lowest BCUT2D eigenvalue weighted by molar-refractivity contribution is -0.387. The van der Waals surface area contributed by atoms with Gasteiger partial charge >= 0.3 is 11.7 Å². The molecule has 1 fully saturated rings. The number of methoxy groups -OCH3 is 2. The number of carbonyl (C=O) groups is 1. The Morgan fingerprint density at radius 3 is 2.45 bits per heavy atom. The van der Waals surface area contributed by atoms with Crippen molar-refractivity contribution >= 4 is 34.1 Å². The maximum absolute atomic E-state index is 13.5. The number of hydrogen-bond acceptors (Lipinski definition) is 8. The lowest BCUT2D eigenvalue weighted by Crippen LogP contribution is -2.50. The van der Waals surface area contributed by atoms with Gasteiger partial charge < -0.3 is 24.6 Å². The molecule has 4 rings (SSSR count). The van der Waals surface area contributed by atoms with E-state index in [0.29, 0.717) is 43.2 Å². The number of rotatable bonds is 5. The molecule has 0 unspecified atom stereocenters. The maximum atomic E-state index is 13.5. The van der Waals surface area contributed by atoms with E-state index < -0.39 is 22.5 Å². The van der Waals surface area contributed by atoms with E-state index in [4.69, 9.17) is 9.47 Å². The number of nitrogens with zero attached hydrogens (tertiary/aromatic N) is 5. The minimum absolute atomic E-state index is 0.151. The lowest BCUT2D eigenvalue weighted by atomic mass is 10.2. The minimum atomic E-state index is -0.960. The summed E-state index contributed by atoms with van der Waals surface area (Å²) in [7, 11) is 3.11. The summed E-state index contributed by atoms with van der Waals surface area (Å²) in [6.45, 7) is 1.82. The van der Waals surface area contributed by atoms with Gasteiger partial charge in [-0.1, -0.05) is 0 Å². The molecule has 0 radical (unpaired) electrons. The summed E-state index contributed by atoms with van der Waals surface area (Å²) in [6.07, 6.45) is 1.48. The Balaban J connectivity index is 1.47. The first-order valence-electron chi connectivity index (χ1n) is 10.0. The Kier molecular flexibility index (Phi) is 6.07. The molecule has 2 heterocycles. The number of aromatic nitrogens is 2. The van der Waals surface area contributed by atoms with Crippen molar-refractivity contribution in [1.82, 2.24) is 14.9 Å². The predicted molar refractivity (Wildman–Crippen MR) is 119 cm³/mol. The summed E-state index contributed by atoms with van der Waals surface area (Å²) < 4.78 is 24.3. The highest BCUT2D eigenvalue weighted by Crippen LogP contribution is 2.35. The first-order valence-corrected chi connectivity index (χ1v) is 10.0. The van der Waals surface area contributed by atoms with Crippen LogP contribution in [-0.4, -0.2) is 66.2 Å². The first-order chi connectivity index (χ1) is 15.9. The van der Waals surface area contributed by atoms with Crippen molar-refractivity contribution in [2.24, 2.45) is 0 Å². The molecule has 3 aromatic rings. The molecule has 0 saturated carbocycles. The van der Waals surface area contributed by atoms with E-state index in [1.807, 2.05) is 11.0 Å². The molecule has 172 valence electrons. The van der Waals surface area contributed by atoms with Gasteiger partial charge in [0.25, 0.3) is 0 Å². The number of fused-ring (bicyclic) bond motifs is 1. The Morgan fingerprint density at radius 2 is 1.79 bits per heavy atom. The average molecular weight is 456 g/mol. The van der Waals surface area contributed by atoms with Crippen molar-refractivity contribution in [3.8, 4) is 11.5 Å². The first kappa shape index (κ1) is 22.0. The number of ether oxygens (including phenoxy) is 2. The van der Waals surface area contributed by atoms with Gasteiger partial charge in [-0.25, -0.2) is 14.8 Å². The van der Waals surface area contributed by atoms with Crippen molar-refractivity contribution in [2.75, 3.05) is 50.6 Å². The topological polar surface area (TPSA) is 123 Å². The third-order valence-corrected chi connectivity index (χ3v) is 5.38. The molecule has 12 heteroatoms. The highest BCUT2D eigenvalue weighted by molar-refractivity contribution is 5.92. The Labute approximate surface area is 187 Å². The molecule has 1 saturated heterocycles. The summed E-state index contributed by atoms with van der Waals surface area (Å²) in [5.41, 5.74) is 0.161. The molecule has 0 spiro atoms. The number of amides is 2. The van der Waals surface area contributed by atoms with Crippen LogP contribution >= 0.6 is 0 Å². The second-order valence-electron chi connectivity index (χ2n) is 7.25. The average Bonchev–Trinajstić information content (AvgIpc) is 2.83. The van der Waals surface area contributed by atoms with Crippen molar-refractivity contribution < 1.29 is 23.6 Å². The molecular weight excluding hydrogens is 435 g/mol. The highest BCUT2D eigenvalue weighted by Gasteiger charge is 2.24. The van der Waals surface area contributed by atoms with Crippen LogP contribution in [0.25, 0.3) is 10.9 Å². The van der Waals surface area contributed by atoms with Crippen molar-refractivity contribution in [3.05, 3.63) is 52.6 Å². The smallest absolute Gasteiger partial charge is 0.321 e. The second-order valence-corrected chi connectivity index (χ2v) is 7.25. The molecule has 1 aliphatic heterocycles. The fourth-order valence-corrected chi connectivity index (χ4v) is 3.68. The molecule has 1 N–H and O–H groups in total. The zero-order valence-electron chi connectivity index (χ0n) is 17.9. The zero-order valence-corrected chi connectivity index (χ0v) is 17.9. The van der Waals surface area contributed by atoms with Crippen LogP contribution < -0.4 is 19.7 Å². The van der Waals surface area contributed by atoms with Crippen molar-refractivity contribution in [3.63, 3.8) is 0 Å². The van der Waals surface area contributed by atoms with Gasteiger partial charge in [-0.15, -0.1) is 0 Å². The zero-order chi connectivity index (χ0) is 23.5. The predicted octanol–water partition coefficient (Wildman–Crippen LogP) is 3.05. The summed E-state index contributed by atoms with van der Waals surface area (Å²) in [6, 6.07) is 6.42. The molecule has 11 nitrogen and oxygen atoms in total. The summed E-state index contributed by atoms with van der Waals surface area (Å²) in [5, 5.41) is 14.3. The molecule has 1 aromatic heterocycles. The van der Waals surface area contributed by atoms with Crippen LogP contribution in [-0.2, 0) is 0 Å². The molecule has 33 heavy (non-hydrogen) atoms. The van der Waals surface area contributed by atoms with E-state index in [1.54, 1.807) is 25.2 Å². The van der Waals surface area contributed by atoms with Crippen LogP contribution in [0.2, 0.25) is 0 Å². The normalized spacial score (nSPS) is 13.7. The number of carbonyl (C=O) groups excluding carboxylic acids is 1. The van der Waals surface area contributed by atoms with Gasteiger partial charge in [0.05, 0.1) is 24.7 Å². The fraction of sp³-hybridized carbons (Fsp3) is 0.286. The number of nitro groups is 1. The summed E-state index contributed by atoms with van der Waals surface area (Å²) in [5.74, 6) is 0.887. The van der Waals surface area contributed by atoms with E-state index >= 15 is 0 Å². The molecule has 0 aliphatic carbocycles. The third kappa shape index (κ3) is 4.40. The molecule has 1 aliphatic rings. The van der Waals surface area contributed by atoms with Crippen molar-refractivity contribution in [1.29, 1.82) is 0 Å². The Bertz CT molecular complexity index is 1220. The maximum Gasteiger partial charge on any atom is 0.321 e. The second kappa shape index (κ2) is 9.10. The molecule has 0 bridgehead atoms. The van der Waals surface area contributed by atoms with E-state index in [1.165, 1.54) is 12.4 Å². The van der Waals surface area contributed by atoms with E-state index in [9.17, 15) is 19.3 Å². The SMILES string of the molecule is COc1cc2ncnc(N3CCN(C(=O)Nc4ccc(F)c([N+](=O)[O-])c4)CC3)c2cc1OC. The van der Waals surface area contributed by atoms with Crippen LogP contribution in [0.15, 0.2) is 36.7 Å². The van der Waals surface area contributed by atoms with Gasteiger partial charge in [-0.2, -0.15) is 4.39 Å². The standard InChI is InChI=1S/C21H21FN6O5/c1-32-18-10-14-16(11-19(18)33-2)23-12-24-20(14)26-5-7-27(8-6-26)21(29)25-13-3-4-15(22)17(9-13)28(30)31/h3-4,9-12H,5-8H2,1-2H3,(H,25,29). The van der Waals surface area contributed by atoms with Crippen molar-refractivity contribution in [2.45, 2.75) is 0 Å². The molecule has 0 atom stereocenters. The molecule has 2 amide bonds. The van der Waals surface area contributed by atoms with Crippen LogP contribution in [0.4, 0.5) is 26.4 Å². The van der Waals surface area contributed by atoms with E-state index in [0.717, 1.165) is 23.3 Å². The van der Waals surface area contributed by atoms with Gasteiger partial charge in [0.15, 0.2) is 11.5 Å². The highest BCUT2D eigenvalue weighted by atomic mass is 19.1. The van der Waals surface area contributed by atoms with Gasteiger partial charge in [0.2, 0.25) is 5.82 Å². The monoisotopic (exact) mass is 456 g/mol. The van der Waals surface area contributed by atoms with Crippen LogP contribution in [0, 0.1) is 15.9 Å². The number of nitrogens with one attached hydrogen (secondary N) is 1. The number of nitro benzene ring substituents is 1. The quantitative estimate of drug-likeness (QED) is 0.459. The van der Waals surface area contributed by atoms with Crippen LogP contribution in [0.3, 0.4) is 0 Å². The van der Waals surface area contributed by atoms with E-state index in [-0.39, 0.29) is 5.69 Å². The fourth-order valence-electron chi connectivity index (χ4n) is 3.68. The third-order valence-electron chi connectivity index (χ3n) is 5.38. The largest absolute Gasteiger partial charge is 0.493 e.